The molecular weight excluding hydrogens is 660 g/mol. The second kappa shape index (κ2) is 18.4. The van der Waals surface area contributed by atoms with E-state index in [1.165, 1.54) is 19.3 Å². The third-order valence-corrected chi connectivity index (χ3v) is 9.76. The van der Waals surface area contributed by atoms with E-state index < -0.39 is 0 Å². The van der Waals surface area contributed by atoms with E-state index in [0.29, 0.717) is 35.3 Å². The number of piperidine rings is 1. The quantitative estimate of drug-likeness (QED) is 0.105. The zero-order valence-corrected chi connectivity index (χ0v) is 31.2. The topological polar surface area (TPSA) is 99.9 Å². The van der Waals surface area contributed by atoms with Crippen LogP contribution in [0.5, 0.6) is 17.2 Å². The van der Waals surface area contributed by atoms with E-state index in [9.17, 15) is 10.4 Å². The molecule has 0 unspecified atom stereocenters. The Kier molecular flexibility index (Phi) is 13.7. The normalized spacial score (nSPS) is 13.5. The molecule has 0 atom stereocenters. The summed E-state index contributed by atoms with van der Waals surface area (Å²) in [5, 5.41) is 22.7. The number of nitriles is 1. The number of nitrogens with zero attached hydrogens (tertiary/aromatic N) is 3. The number of ether oxygens (including phenoxy) is 3. The third kappa shape index (κ3) is 10.7. The van der Waals surface area contributed by atoms with E-state index >= 15 is 0 Å². The number of likely N-dealkylation sites (tertiary alicyclic amines) is 1. The Balaban J connectivity index is 1.28. The van der Waals surface area contributed by atoms with Gasteiger partial charge in [0.2, 0.25) is 0 Å². The van der Waals surface area contributed by atoms with Crippen LogP contribution in [0.15, 0.2) is 67.0 Å². The summed E-state index contributed by atoms with van der Waals surface area (Å²) in [4.78, 5) is 6.63. The minimum atomic E-state index is -0.129. The van der Waals surface area contributed by atoms with E-state index in [2.05, 4.69) is 59.4 Å². The molecule has 51 heavy (non-hydrogen) atoms. The molecule has 1 aliphatic rings. The largest absolute Gasteiger partial charge is 0.493 e. The average molecular weight is 711 g/mol. The van der Waals surface area contributed by atoms with Crippen LogP contribution in [-0.4, -0.2) is 54.4 Å². The predicted molar refractivity (Wildman–Crippen MR) is 203 cm³/mol. The van der Waals surface area contributed by atoms with Gasteiger partial charge in [-0.25, -0.2) is 0 Å². The zero-order chi connectivity index (χ0) is 36.2. The first-order valence-corrected chi connectivity index (χ1v) is 18.3. The molecule has 2 heterocycles. The molecule has 270 valence electrons. The van der Waals surface area contributed by atoms with Crippen molar-refractivity contribution in [3.63, 3.8) is 0 Å². The van der Waals surface area contributed by atoms with Crippen molar-refractivity contribution >= 4 is 11.6 Å². The molecule has 9 heteroatoms. The maximum atomic E-state index is 9.46. The molecule has 5 rings (SSSR count). The van der Waals surface area contributed by atoms with E-state index in [-0.39, 0.29) is 18.6 Å². The summed E-state index contributed by atoms with van der Waals surface area (Å²) in [7, 11) is 0. The molecule has 4 aromatic rings. The van der Waals surface area contributed by atoms with Crippen molar-refractivity contribution in [2.75, 3.05) is 39.4 Å². The number of aromatic nitrogens is 1. The monoisotopic (exact) mass is 710 g/mol. The maximum absolute atomic E-state index is 9.46. The van der Waals surface area contributed by atoms with Crippen LogP contribution in [0, 0.1) is 30.6 Å². The Bertz CT molecular complexity index is 1800. The number of aliphatic hydroxyl groups excluding tert-OH is 1. The first kappa shape index (κ1) is 38.1. The summed E-state index contributed by atoms with van der Waals surface area (Å²) in [6, 6.07) is 20.3. The molecule has 0 aliphatic carbocycles. The molecule has 1 saturated heterocycles. The molecule has 1 fully saturated rings. The lowest BCUT2D eigenvalue weighted by Crippen LogP contribution is -2.33. The van der Waals surface area contributed by atoms with Gasteiger partial charge in [-0.2, -0.15) is 5.26 Å². The SMILES string of the molecule is Cc1c(COc2cc(OCc3cncc(C#N)c3)c(CN3CCCCC3)cc2Cl)cccc1-c1cccc(OCCCNCC(C)(C)CO)c1C. The highest BCUT2D eigenvalue weighted by Gasteiger charge is 2.19. The van der Waals surface area contributed by atoms with Gasteiger partial charge in [-0.15, -0.1) is 0 Å². The van der Waals surface area contributed by atoms with Crippen LogP contribution >= 0.6 is 11.6 Å². The van der Waals surface area contributed by atoms with Gasteiger partial charge < -0.3 is 24.6 Å². The van der Waals surface area contributed by atoms with Crippen LogP contribution in [0.25, 0.3) is 11.1 Å². The van der Waals surface area contributed by atoms with Crippen LogP contribution in [0.2, 0.25) is 5.02 Å². The Morgan fingerprint density at radius 3 is 2.39 bits per heavy atom. The Labute approximate surface area is 308 Å². The van der Waals surface area contributed by atoms with Crippen LogP contribution in [-0.2, 0) is 19.8 Å². The summed E-state index contributed by atoms with van der Waals surface area (Å²) >= 11 is 6.87. The summed E-state index contributed by atoms with van der Waals surface area (Å²) < 4.78 is 19.0. The highest BCUT2D eigenvalue weighted by Crippen LogP contribution is 2.37. The summed E-state index contributed by atoms with van der Waals surface area (Å²) in [6.07, 6.45) is 7.78. The van der Waals surface area contributed by atoms with Gasteiger partial charge in [0, 0.05) is 54.7 Å². The fraction of sp³-hybridized carbons (Fsp3) is 0.429. The number of hydrogen-bond donors (Lipinski definition) is 2. The highest BCUT2D eigenvalue weighted by atomic mass is 35.5. The first-order valence-electron chi connectivity index (χ1n) is 17.9. The molecule has 0 amide bonds. The number of pyridine rings is 1. The molecule has 8 nitrogen and oxygen atoms in total. The first-order chi connectivity index (χ1) is 24.7. The van der Waals surface area contributed by atoms with Gasteiger partial charge in [-0.1, -0.05) is 62.2 Å². The minimum Gasteiger partial charge on any atom is -0.493 e. The summed E-state index contributed by atoms with van der Waals surface area (Å²) in [5.41, 5.74) is 7.75. The van der Waals surface area contributed by atoms with Gasteiger partial charge in [0.25, 0.3) is 0 Å². The number of hydrogen-bond acceptors (Lipinski definition) is 8. The molecule has 1 aromatic heterocycles. The lowest BCUT2D eigenvalue weighted by Gasteiger charge is -2.27. The molecule has 3 aromatic carbocycles. The van der Waals surface area contributed by atoms with Crippen LogP contribution < -0.4 is 19.5 Å². The smallest absolute Gasteiger partial charge is 0.142 e. The van der Waals surface area contributed by atoms with Crippen LogP contribution in [0.4, 0.5) is 0 Å². The second-order valence-electron chi connectivity index (χ2n) is 14.2. The van der Waals surface area contributed by atoms with Crippen LogP contribution in [0.3, 0.4) is 0 Å². The molecule has 0 saturated carbocycles. The summed E-state index contributed by atoms with van der Waals surface area (Å²) in [5.74, 6) is 2.15. The summed E-state index contributed by atoms with van der Waals surface area (Å²) in [6.45, 7) is 14.1. The van der Waals surface area contributed by atoms with Gasteiger partial charge >= 0.3 is 0 Å². The Hall–Kier alpha value is -4.13. The fourth-order valence-electron chi connectivity index (χ4n) is 6.30. The number of nitrogens with one attached hydrogen (secondary N) is 1. The molecule has 2 N–H and O–H groups in total. The van der Waals surface area contributed by atoms with Crippen molar-refractivity contribution in [2.24, 2.45) is 5.41 Å². The lowest BCUT2D eigenvalue weighted by atomic mass is 9.93. The molecule has 0 radical (unpaired) electrons. The van der Waals surface area contributed by atoms with Crippen molar-refractivity contribution < 1.29 is 19.3 Å². The maximum Gasteiger partial charge on any atom is 0.142 e. The van der Waals surface area contributed by atoms with Crippen molar-refractivity contribution in [2.45, 2.75) is 73.1 Å². The van der Waals surface area contributed by atoms with E-state index in [1.54, 1.807) is 18.5 Å². The van der Waals surface area contributed by atoms with E-state index in [0.717, 1.165) is 83.8 Å². The fourth-order valence-corrected chi connectivity index (χ4v) is 6.54. The standard InChI is InChI=1S/C42H51ClN4O4/c1-30-34(11-8-12-36(30)37-13-9-14-39(31(37)2)49-18-10-15-45-28-42(3,4)29-48)27-51-41-21-40(50-26-33-19-32(22-44)23-46-24-33)35(20-38(41)43)25-47-16-6-5-7-17-47/h8-9,11-14,19-21,23-24,45,48H,5-7,10,15-18,25-29H2,1-4H3. The lowest BCUT2D eigenvalue weighted by molar-refractivity contribution is 0.156. The van der Waals surface area contributed by atoms with Gasteiger partial charge in [-0.05, 0) is 98.8 Å². The number of aliphatic hydroxyl groups is 1. The second-order valence-corrected chi connectivity index (χ2v) is 14.6. The van der Waals surface area contributed by atoms with Gasteiger partial charge in [0.05, 0.1) is 17.2 Å². The van der Waals surface area contributed by atoms with Crippen molar-refractivity contribution in [3.8, 4) is 34.4 Å². The molecule has 1 aliphatic heterocycles. The average Bonchev–Trinajstić information content (AvgIpc) is 3.14. The van der Waals surface area contributed by atoms with Crippen LogP contribution in [0.1, 0.15) is 72.9 Å². The Morgan fingerprint density at radius 1 is 0.882 bits per heavy atom. The zero-order valence-electron chi connectivity index (χ0n) is 30.4. The third-order valence-electron chi connectivity index (χ3n) is 9.47. The molecule has 0 spiro atoms. The van der Waals surface area contributed by atoms with Gasteiger partial charge in [0.15, 0.2) is 0 Å². The predicted octanol–water partition coefficient (Wildman–Crippen LogP) is 8.41. The van der Waals surface area contributed by atoms with E-state index in [4.69, 9.17) is 25.8 Å². The highest BCUT2D eigenvalue weighted by molar-refractivity contribution is 6.32. The number of rotatable bonds is 17. The number of benzene rings is 3. The van der Waals surface area contributed by atoms with Gasteiger partial charge in [-0.3, -0.25) is 9.88 Å². The minimum absolute atomic E-state index is 0.129. The van der Waals surface area contributed by atoms with Gasteiger partial charge in [0.1, 0.15) is 36.5 Å². The molecule has 0 bridgehead atoms. The van der Waals surface area contributed by atoms with Crippen molar-refractivity contribution in [1.29, 1.82) is 5.26 Å². The number of halogens is 1. The Morgan fingerprint density at radius 2 is 1.63 bits per heavy atom. The van der Waals surface area contributed by atoms with E-state index in [1.807, 2.05) is 38.1 Å². The van der Waals surface area contributed by atoms with Crippen molar-refractivity contribution in [3.05, 3.63) is 105 Å². The van der Waals surface area contributed by atoms with Crippen molar-refractivity contribution in [1.82, 2.24) is 15.2 Å². The molecular formula is C42H51ClN4O4.